The highest BCUT2D eigenvalue weighted by atomic mass is 15.4. The Balaban J connectivity index is 2.76. The van der Waals surface area contributed by atoms with Crippen molar-refractivity contribution in [1.82, 2.24) is 19.8 Å². The van der Waals surface area contributed by atoms with E-state index in [-0.39, 0.29) is 0 Å². The van der Waals surface area contributed by atoms with Gasteiger partial charge in [-0.3, -0.25) is 0 Å². The predicted octanol–water partition coefficient (Wildman–Crippen LogP) is 0.166. The van der Waals surface area contributed by atoms with Crippen molar-refractivity contribution in [3.63, 3.8) is 0 Å². The average Bonchev–Trinajstić information content (AvgIpc) is 2.47. The van der Waals surface area contributed by atoms with Crippen LogP contribution in [0.3, 0.4) is 0 Å². The fourth-order valence-corrected chi connectivity index (χ4v) is 0.900. The molecular formula is C6H7N5. The van der Waals surface area contributed by atoms with Gasteiger partial charge in [-0.2, -0.15) is 9.61 Å². The zero-order valence-corrected chi connectivity index (χ0v) is 6.02. The summed E-state index contributed by atoms with van der Waals surface area (Å²) >= 11 is 0. The molecule has 2 rings (SSSR count). The van der Waals surface area contributed by atoms with Gasteiger partial charge in [-0.05, 0) is 12.1 Å². The third-order valence-electron chi connectivity index (χ3n) is 1.40. The van der Waals surface area contributed by atoms with Gasteiger partial charge in [-0.1, -0.05) is 0 Å². The van der Waals surface area contributed by atoms with Gasteiger partial charge in [-0.15, -0.1) is 10.2 Å². The minimum Gasteiger partial charge on any atom is -0.356 e. The summed E-state index contributed by atoms with van der Waals surface area (Å²) in [5, 5.41) is 14.6. The second kappa shape index (κ2) is 2.19. The summed E-state index contributed by atoms with van der Waals surface area (Å²) < 4.78 is 1.64. The molecule has 2 heterocycles. The molecule has 0 aromatic carbocycles. The number of aromatic nitrogens is 4. The third kappa shape index (κ3) is 0.813. The summed E-state index contributed by atoms with van der Waals surface area (Å²) in [5.74, 6) is 0.653. The molecule has 2 aromatic rings. The van der Waals surface area contributed by atoms with Crippen molar-refractivity contribution >= 4 is 11.6 Å². The fraction of sp³-hybridized carbons (Fsp3) is 0.167. The van der Waals surface area contributed by atoms with Gasteiger partial charge >= 0.3 is 0 Å². The molecule has 0 fully saturated rings. The van der Waals surface area contributed by atoms with Gasteiger partial charge in [0.25, 0.3) is 0 Å². The molecule has 0 saturated heterocycles. The zero-order chi connectivity index (χ0) is 7.68. The van der Waals surface area contributed by atoms with E-state index in [9.17, 15) is 0 Å². The highest BCUT2D eigenvalue weighted by Gasteiger charge is 2.00. The number of nitrogens with one attached hydrogen (secondary N) is 1. The first-order valence-electron chi connectivity index (χ1n) is 3.26. The largest absolute Gasteiger partial charge is 0.356 e. The first kappa shape index (κ1) is 6.09. The van der Waals surface area contributed by atoms with E-state index in [4.69, 9.17) is 0 Å². The second-order valence-electron chi connectivity index (χ2n) is 2.07. The second-order valence-corrected chi connectivity index (χ2v) is 2.07. The van der Waals surface area contributed by atoms with Crippen molar-refractivity contribution < 1.29 is 0 Å². The first-order valence-corrected chi connectivity index (χ1v) is 3.26. The third-order valence-corrected chi connectivity index (χ3v) is 1.40. The molecule has 5 heteroatoms. The molecule has 1 N–H and O–H groups in total. The Kier molecular flexibility index (Phi) is 1.21. The SMILES string of the molecule is CNc1nnc2cccnn12. The van der Waals surface area contributed by atoms with Gasteiger partial charge in [0, 0.05) is 13.2 Å². The number of hydrogen-bond acceptors (Lipinski definition) is 4. The van der Waals surface area contributed by atoms with E-state index in [1.165, 1.54) is 0 Å². The molecule has 0 aliphatic rings. The molecule has 5 nitrogen and oxygen atoms in total. The van der Waals surface area contributed by atoms with Crippen LogP contribution in [0.1, 0.15) is 0 Å². The maximum atomic E-state index is 4.04. The van der Waals surface area contributed by atoms with Gasteiger partial charge in [0.05, 0.1) is 0 Å². The Bertz CT molecular complexity index is 366. The maximum absolute atomic E-state index is 4.04. The van der Waals surface area contributed by atoms with Crippen LogP contribution in [-0.2, 0) is 0 Å². The van der Waals surface area contributed by atoms with Crippen LogP contribution in [0, 0.1) is 0 Å². The quantitative estimate of drug-likeness (QED) is 0.627. The van der Waals surface area contributed by atoms with Crippen LogP contribution in [0.4, 0.5) is 5.95 Å². The lowest BCUT2D eigenvalue weighted by molar-refractivity contribution is 0.931. The first-order chi connectivity index (χ1) is 5.42. The predicted molar refractivity (Wildman–Crippen MR) is 40.3 cm³/mol. The standard InChI is InChI=1S/C6H7N5/c1-7-6-10-9-5-3-2-4-8-11(5)6/h2-4H,1H3,(H,7,10). The topological polar surface area (TPSA) is 55.1 Å². The van der Waals surface area contributed by atoms with E-state index in [1.54, 1.807) is 17.8 Å². The van der Waals surface area contributed by atoms with Crippen LogP contribution in [0.15, 0.2) is 18.3 Å². The fourth-order valence-electron chi connectivity index (χ4n) is 0.900. The van der Waals surface area contributed by atoms with Crippen LogP contribution < -0.4 is 5.32 Å². The highest BCUT2D eigenvalue weighted by molar-refractivity contribution is 5.41. The maximum Gasteiger partial charge on any atom is 0.245 e. The molecule has 0 atom stereocenters. The molecule has 0 bridgehead atoms. The molecule has 0 aliphatic carbocycles. The van der Waals surface area contributed by atoms with Gasteiger partial charge in [-0.25, -0.2) is 0 Å². The van der Waals surface area contributed by atoms with E-state index in [1.807, 2.05) is 12.1 Å². The van der Waals surface area contributed by atoms with Crippen molar-refractivity contribution in [1.29, 1.82) is 0 Å². The summed E-state index contributed by atoms with van der Waals surface area (Å²) in [6, 6.07) is 3.67. The van der Waals surface area contributed by atoms with Crippen LogP contribution >= 0.6 is 0 Å². The minimum atomic E-state index is 0.653. The smallest absolute Gasteiger partial charge is 0.245 e. The van der Waals surface area contributed by atoms with Crippen molar-refractivity contribution in [3.05, 3.63) is 18.3 Å². The number of nitrogens with zero attached hydrogens (tertiary/aromatic N) is 4. The van der Waals surface area contributed by atoms with Crippen molar-refractivity contribution in [2.24, 2.45) is 0 Å². The zero-order valence-electron chi connectivity index (χ0n) is 6.02. The minimum absolute atomic E-state index is 0.653. The monoisotopic (exact) mass is 149 g/mol. The van der Waals surface area contributed by atoms with E-state index in [0.717, 1.165) is 5.65 Å². The van der Waals surface area contributed by atoms with Crippen molar-refractivity contribution in [2.45, 2.75) is 0 Å². The molecule has 56 valence electrons. The Morgan fingerprint density at radius 3 is 3.18 bits per heavy atom. The Labute approximate surface area is 63.1 Å². The average molecular weight is 149 g/mol. The van der Waals surface area contributed by atoms with E-state index < -0.39 is 0 Å². The van der Waals surface area contributed by atoms with E-state index in [0.29, 0.717) is 5.95 Å². The molecule has 2 aromatic heterocycles. The molecule has 0 aliphatic heterocycles. The van der Waals surface area contributed by atoms with Gasteiger partial charge in [0.1, 0.15) is 0 Å². The summed E-state index contributed by atoms with van der Waals surface area (Å²) in [6.45, 7) is 0. The molecule has 11 heavy (non-hydrogen) atoms. The van der Waals surface area contributed by atoms with Crippen LogP contribution in [-0.4, -0.2) is 26.9 Å². The normalized spacial score (nSPS) is 10.3. The molecule has 0 spiro atoms. The van der Waals surface area contributed by atoms with Crippen molar-refractivity contribution in [3.8, 4) is 0 Å². The molecule has 0 amide bonds. The Morgan fingerprint density at radius 1 is 1.45 bits per heavy atom. The van der Waals surface area contributed by atoms with Gasteiger partial charge < -0.3 is 5.32 Å². The molecular weight excluding hydrogens is 142 g/mol. The summed E-state index contributed by atoms with van der Waals surface area (Å²) in [6.07, 6.45) is 1.69. The summed E-state index contributed by atoms with van der Waals surface area (Å²) in [4.78, 5) is 0. The van der Waals surface area contributed by atoms with E-state index in [2.05, 4.69) is 20.6 Å². The van der Waals surface area contributed by atoms with E-state index >= 15 is 0 Å². The Hall–Kier alpha value is -1.65. The number of hydrogen-bond donors (Lipinski definition) is 1. The molecule has 0 unspecified atom stereocenters. The lowest BCUT2D eigenvalue weighted by Gasteiger charge is -1.93. The summed E-state index contributed by atoms with van der Waals surface area (Å²) in [5.41, 5.74) is 0.747. The number of anilines is 1. The molecule has 0 saturated carbocycles. The number of fused-ring (bicyclic) bond motifs is 1. The summed E-state index contributed by atoms with van der Waals surface area (Å²) in [7, 11) is 1.78. The van der Waals surface area contributed by atoms with Crippen LogP contribution in [0.25, 0.3) is 5.65 Å². The van der Waals surface area contributed by atoms with Crippen LogP contribution in [0.5, 0.6) is 0 Å². The molecule has 0 radical (unpaired) electrons. The highest BCUT2D eigenvalue weighted by Crippen LogP contribution is 2.02. The van der Waals surface area contributed by atoms with Crippen molar-refractivity contribution in [2.75, 3.05) is 12.4 Å². The number of rotatable bonds is 1. The lowest BCUT2D eigenvalue weighted by atomic mass is 10.6. The Morgan fingerprint density at radius 2 is 2.36 bits per heavy atom. The lowest BCUT2D eigenvalue weighted by Crippen LogP contribution is -1.97. The van der Waals surface area contributed by atoms with Crippen LogP contribution in [0.2, 0.25) is 0 Å². The van der Waals surface area contributed by atoms with Gasteiger partial charge in [0.2, 0.25) is 5.95 Å². The van der Waals surface area contributed by atoms with Gasteiger partial charge in [0.15, 0.2) is 5.65 Å².